The van der Waals surface area contributed by atoms with Crippen LogP contribution in [-0.4, -0.2) is 48.2 Å². The zero-order valence-electron chi connectivity index (χ0n) is 19.9. The summed E-state index contributed by atoms with van der Waals surface area (Å²) < 4.78 is 31.6. The van der Waals surface area contributed by atoms with E-state index >= 15 is 0 Å². The lowest BCUT2D eigenvalue weighted by atomic mass is 9.88. The van der Waals surface area contributed by atoms with E-state index < -0.39 is 48.3 Å². The Morgan fingerprint density at radius 2 is 1.49 bits per heavy atom. The van der Waals surface area contributed by atoms with Crippen molar-refractivity contribution in [1.29, 1.82) is 0 Å². The first kappa shape index (κ1) is 26.1. The molecule has 3 N–H and O–H groups in total. The zero-order valence-corrected chi connectivity index (χ0v) is 19.9. The molecule has 2 atom stereocenters. The number of amides is 2. The number of ether oxygens (including phenoxy) is 1. The van der Waals surface area contributed by atoms with Crippen LogP contribution in [0.15, 0.2) is 48.5 Å². The lowest BCUT2D eigenvalue weighted by molar-refractivity contribution is -0.143. The third-order valence-electron chi connectivity index (χ3n) is 5.80. The molecule has 0 fully saturated rings. The lowest BCUT2D eigenvalue weighted by Crippen LogP contribution is -2.53. The Morgan fingerprint density at radius 1 is 0.943 bits per heavy atom. The fourth-order valence-corrected chi connectivity index (χ4v) is 4.28. The van der Waals surface area contributed by atoms with Gasteiger partial charge < -0.3 is 20.5 Å². The van der Waals surface area contributed by atoms with Gasteiger partial charge in [0.15, 0.2) is 0 Å². The van der Waals surface area contributed by atoms with Gasteiger partial charge in [0.25, 0.3) is 0 Å². The molecule has 9 heteroatoms. The van der Waals surface area contributed by atoms with Gasteiger partial charge in [-0.25, -0.2) is 18.4 Å². The molecule has 0 radical (unpaired) electrons. The predicted molar refractivity (Wildman–Crippen MR) is 126 cm³/mol. The number of carbonyl (C=O) groups is 3. The molecule has 0 saturated carbocycles. The number of halogens is 2. The summed E-state index contributed by atoms with van der Waals surface area (Å²) in [5, 5.41) is 13.9. The van der Waals surface area contributed by atoms with E-state index in [4.69, 9.17) is 4.74 Å². The monoisotopic (exact) mass is 488 g/mol. The fourth-order valence-electron chi connectivity index (χ4n) is 4.28. The van der Waals surface area contributed by atoms with Crippen LogP contribution in [0.2, 0.25) is 0 Å². The zero-order chi connectivity index (χ0) is 25.8. The van der Waals surface area contributed by atoms with Gasteiger partial charge in [0.05, 0.1) is 0 Å². The van der Waals surface area contributed by atoms with Gasteiger partial charge in [-0.2, -0.15) is 0 Å². The van der Waals surface area contributed by atoms with Crippen LogP contribution in [0, 0.1) is 5.41 Å². The number of hydrogen-bond acceptors (Lipinski definition) is 4. The van der Waals surface area contributed by atoms with E-state index in [9.17, 15) is 28.3 Å². The molecule has 2 aromatic rings. The Bertz CT molecular complexity index is 1040. The second-order valence-corrected chi connectivity index (χ2v) is 9.81. The number of carboxylic acids is 1. The molecule has 0 saturated heterocycles. The van der Waals surface area contributed by atoms with Crippen LogP contribution in [0.5, 0.6) is 0 Å². The maximum absolute atomic E-state index is 13.1. The van der Waals surface area contributed by atoms with Crippen molar-refractivity contribution >= 4 is 18.0 Å². The number of alkyl carbamates (subject to hydrolysis) is 1. The largest absolute Gasteiger partial charge is 0.480 e. The highest BCUT2D eigenvalue weighted by Gasteiger charge is 2.33. The molecular weight excluding hydrogens is 458 g/mol. The number of carboxylic acid groups (broad SMARTS) is 1. The van der Waals surface area contributed by atoms with Crippen LogP contribution < -0.4 is 10.6 Å². The van der Waals surface area contributed by atoms with E-state index in [1.807, 2.05) is 48.5 Å². The van der Waals surface area contributed by atoms with E-state index in [0.717, 1.165) is 22.3 Å². The molecule has 0 heterocycles. The van der Waals surface area contributed by atoms with Crippen molar-refractivity contribution in [2.24, 2.45) is 5.41 Å². The molecule has 3 rings (SSSR count). The molecule has 0 bridgehead atoms. The normalized spacial score (nSPS) is 14.6. The number of hydrogen-bond donors (Lipinski definition) is 3. The lowest BCUT2D eigenvalue weighted by Gasteiger charge is -2.26. The Hall–Kier alpha value is -3.49. The maximum atomic E-state index is 13.1. The molecule has 1 aliphatic carbocycles. The van der Waals surface area contributed by atoms with Crippen molar-refractivity contribution in [3.8, 4) is 11.1 Å². The standard InChI is InChI=1S/C26H30F2N2O5/c1-26(2,3)13-21(24(32)33)29-23(31)20(12-22(27)28)30-25(34)35-14-19-17-10-6-4-8-15(17)16-9-5-7-11-18(16)19/h4-11,19-22H,12-14H2,1-3H3,(H,29,31)(H,30,34)(H,32,33). The quantitative estimate of drug-likeness (QED) is 0.480. The molecular formula is C26H30F2N2O5. The summed E-state index contributed by atoms with van der Waals surface area (Å²) in [6, 6.07) is 12.5. The molecule has 0 aliphatic heterocycles. The van der Waals surface area contributed by atoms with Gasteiger partial charge in [-0.3, -0.25) is 4.79 Å². The number of carbonyl (C=O) groups excluding carboxylic acids is 2. The molecule has 0 aromatic heterocycles. The highest BCUT2D eigenvalue weighted by Crippen LogP contribution is 2.44. The van der Waals surface area contributed by atoms with E-state index in [2.05, 4.69) is 10.6 Å². The first-order valence-electron chi connectivity index (χ1n) is 11.4. The molecule has 2 unspecified atom stereocenters. The van der Waals surface area contributed by atoms with Crippen molar-refractivity contribution in [2.45, 2.75) is 58.0 Å². The van der Waals surface area contributed by atoms with Gasteiger partial charge in [-0.15, -0.1) is 0 Å². The van der Waals surface area contributed by atoms with E-state index in [1.54, 1.807) is 20.8 Å². The van der Waals surface area contributed by atoms with Crippen LogP contribution in [0.3, 0.4) is 0 Å². The predicted octanol–water partition coefficient (Wildman–Crippen LogP) is 4.55. The number of alkyl halides is 2. The van der Waals surface area contributed by atoms with Gasteiger partial charge >= 0.3 is 12.1 Å². The summed E-state index contributed by atoms with van der Waals surface area (Å²) in [6.45, 7) is 5.33. The minimum Gasteiger partial charge on any atom is -0.480 e. The van der Waals surface area contributed by atoms with Crippen molar-refractivity contribution in [2.75, 3.05) is 6.61 Å². The Kier molecular flexibility index (Phi) is 8.09. The summed E-state index contributed by atoms with van der Waals surface area (Å²) >= 11 is 0. The third kappa shape index (κ3) is 6.77. The first-order valence-corrected chi connectivity index (χ1v) is 11.4. The minimum atomic E-state index is -2.90. The van der Waals surface area contributed by atoms with Crippen LogP contribution in [0.1, 0.15) is 50.7 Å². The Morgan fingerprint density at radius 3 is 1.97 bits per heavy atom. The summed E-state index contributed by atoms with van der Waals surface area (Å²) in [6.07, 6.45) is -4.82. The van der Waals surface area contributed by atoms with Crippen molar-refractivity contribution in [3.63, 3.8) is 0 Å². The molecule has 35 heavy (non-hydrogen) atoms. The Balaban J connectivity index is 1.67. The van der Waals surface area contributed by atoms with Gasteiger partial charge in [-0.05, 0) is 34.1 Å². The topological polar surface area (TPSA) is 105 Å². The van der Waals surface area contributed by atoms with Crippen LogP contribution in [-0.2, 0) is 14.3 Å². The average Bonchev–Trinajstić information content (AvgIpc) is 3.09. The molecule has 188 valence electrons. The summed E-state index contributed by atoms with van der Waals surface area (Å²) in [5.41, 5.74) is 3.59. The van der Waals surface area contributed by atoms with Crippen molar-refractivity contribution in [1.82, 2.24) is 10.6 Å². The first-order chi connectivity index (χ1) is 16.5. The third-order valence-corrected chi connectivity index (χ3v) is 5.80. The Labute approximate surface area is 202 Å². The molecule has 2 amide bonds. The summed E-state index contributed by atoms with van der Waals surface area (Å²) in [7, 11) is 0. The van der Waals surface area contributed by atoms with Crippen LogP contribution in [0.25, 0.3) is 11.1 Å². The molecule has 1 aliphatic rings. The minimum absolute atomic E-state index is 0.0509. The fraction of sp³-hybridized carbons (Fsp3) is 0.423. The number of aliphatic carboxylic acids is 1. The summed E-state index contributed by atoms with van der Waals surface area (Å²) in [5.74, 6) is -2.53. The second kappa shape index (κ2) is 10.8. The maximum Gasteiger partial charge on any atom is 0.407 e. The highest BCUT2D eigenvalue weighted by atomic mass is 19.3. The van der Waals surface area contributed by atoms with E-state index in [1.165, 1.54) is 0 Å². The van der Waals surface area contributed by atoms with Crippen LogP contribution >= 0.6 is 0 Å². The van der Waals surface area contributed by atoms with Crippen molar-refractivity contribution < 1.29 is 33.0 Å². The van der Waals surface area contributed by atoms with Crippen LogP contribution in [0.4, 0.5) is 13.6 Å². The average molecular weight is 489 g/mol. The highest BCUT2D eigenvalue weighted by molar-refractivity contribution is 5.89. The van der Waals surface area contributed by atoms with Gasteiger partial charge in [0.2, 0.25) is 12.3 Å². The molecule has 7 nitrogen and oxygen atoms in total. The smallest absolute Gasteiger partial charge is 0.407 e. The van der Waals surface area contributed by atoms with Crippen molar-refractivity contribution in [3.05, 3.63) is 59.7 Å². The second-order valence-electron chi connectivity index (χ2n) is 9.81. The molecule has 0 spiro atoms. The molecule has 2 aromatic carbocycles. The number of rotatable bonds is 9. The SMILES string of the molecule is CC(C)(C)CC(NC(=O)C(CC(F)F)NC(=O)OCC1c2ccccc2-c2ccccc21)C(=O)O. The number of nitrogens with one attached hydrogen (secondary N) is 2. The van der Waals surface area contributed by atoms with Gasteiger partial charge in [0.1, 0.15) is 18.7 Å². The van der Waals surface area contributed by atoms with E-state index in [-0.39, 0.29) is 18.9 Å². The van der Waals surface area contributed by atoms with Gasteiger partial charge in [0, 0.05) is 12.3 Å². The van der Waals surface area contributed by atoms with E-state index in [0.29, 0.717) is 0 Å². The summed E-state index contributed by atoms with van der Waals surface area (Å²) in [4.78, 5) is 36.7. The number of fused-ring (bicyclic) bond motifs is 3. The van der Waals surface area contributed by atoms with Gasteiger partial charge in [-0.1, -0.05) is 69.3 Å². The number of benzene rings is 2.